The van der Waals surface area contributed by atoms with Gasteiger partial charge in [0.25, 0.3) is 5.91 Å². The van der Waals surface area contributed by atoms with Crippen LogP contribution in [0.1, 0.15) is 61.8 Å². The summed E-state index contributed by atoms with van der Waals surface area (Å²) in [6, 6.07) is 13.2. The van der Waals surface area contributed by atoms with Crippen molar-refractivity contribution < 1.29 is 27.8 Å². The molecule has 2 aliphatic rings. The van der Waals surface area contributed by atoms with Crippen LogP contribution in [0.25, 0.3) is 0 Å². The van der Waals surface area contributed by atoms with E-state index in [1.54, 1.807) is 6.07 Å². The van der Waals surface area contributed by atoms with Crippen molar-refractivity contribution in [1.29, 1.82) is 0 Å². The van der Waals surface area contributed by atoms with Gasteiger partial charge in [-0.25, -0.2) is 0 Å². The third kappa shape index (κ3) is 6.02. The van der Waals surface area contributed by atoms with Gasteiger partial charge in [0.15, 0.2) is 0 Å². The predicted octanol–water partition coefficient (Wildman–Crippen LogP) is 5.19. The Morgan fingerprint density at radius 2 is 1.81 bits per heavy atom. The molecule has 0 aliphatic carbocycles. The molecule has 2 saturated heterocycles. The number of piperidine rings is 1. The molecule has 37 heavy (non-hydrogen) atoms. The molecular weight excluding hydrogens is 481 g/mol. The molecule has 202 valence electrons. The van der Waals surface area contributed by atoms with E-state index < -0.39 is 22.9 Å². The van der Waals surface area contributed by atoms with Gasteiger partial charge in [-0.15, -0.1) is 0 Å². The molecule has 2 N–H and O–H groups in total. The summed E-state index contributed by atoms with van der Waals surface area (Å²) in [5.74, 6) is -0.381. The standard InChI is InChI=1S/C29H37F3N2O3/c1-20(2)28(26(35)33-18-22-5-4-6-24(17-22)29(30,31)32)12-11-25(19-37-28)34-15-13-27(36,14-16-34)23-9-7-21(3)8-10-23/h4-10,17,20,25,36H,11-16,18-19H2,1-3H3,(H,33,35)/t25?,28-/m0/s1. The van der Waals surface area contributed by atoms with Gasteiger partial charge < -0.3 is 15.2 Å². The maximum absolute atomic E-state index is 13.3. The molecule has 0 aromatic heterocycles. The van der Waals surface area contributed by atoms with Crippen LogP contribution in [-0.2, 0) is 27.9 Å². The van der Waals surface area contributed by atoms with Gasteiger partial charge in [-0.05, 0) is 61.8 Å². The lowest BCUT2D eigenvalue weighted by atomic mass is 9.80. The summed E-state index contributed by atoms with van der Waals surface area (Å²) < 4.78 is 45.4. The van der Waals surface area contributed by atoms with E-state index in [-0.39, 0.29) is 24.4 Å². The van der Waals surface area contributed by atoms with Crippen LogP contribution >= 0.6 is 0 Å². The Bertz CT molecular complexity index is 1070. The molecule has 0 saturated carbocycles. The number of aryl methyl sites for hydroxylation is 1. The highest BCUT2D eigenvalue weighted by molar-refractivity contribution is 5.85. The van der Waals surface area contributed by atoms with Gasteiger partial charge in [0, 0.05) is 25.7 Å². The van der Waals surface area contributed by atoms with Crippen LogP contribution in [0.3, 0.4) is 0 Å². The van der Waals surface area contributed by atoms with Crippen molar-refractivity contribution in [2.24, 2.45) is 5.92 Å². The van der Waals surface area contributed by atoms with E-state index in [1.165, 1.54) is 6.07 Å². The first-order valence-corrected chi connectivity index (χ1v) is 13.0. The number of carbonyl (C=O) groups is 1. The zero-order valence-electron chi connectivity index (χ0n) is 21.8. The molecule has 0 spiro atoms. The lowest BCUT2D eigenvalue weighted by Gasteiger charge is -2.47. The van der Waals surface area contributed by atoms with E-state index in [4.69, 9.17) is 4.74 Å². The Labute approximate surface area is 217 Å². The topological polar surface area (TPSA) is 61.8 Å². The van der Waals surface area contributed by atoms with Gasteiger partial charge in [0.05, 0.1) is 17.8 Å². The number of carbonyl (C=O) groups excluding carboxylic acids is 1. The largest absolute Gasteiger partial charge is 0.416 e. The first-order valence-electron chi connectivity index (χ1n) is 13.0. The Morgan fingerprint density at radius 1 is 1.14 bits per heavy atom. The molecule has 1 unspecified atom stereocenters. The molecule has 2 heterocycles. The molecule has 2 aromatic carbocycles. The first kappa shape index (κ1) is 27.6. The fraction of sp³-hybridized carbons (Fsp3) is 0.552. The second-order valence-corrected chi connectivity index (χ2v) is 10.9. The van der Waals surface area contributed by atoms with Gasteiger partial charge in [-0.3, -0.25) is 9.69 Å². The van der Waals surface area contributed by atoms with Crippen molar-refractivity contribution in [2.75, 3.05) is 19.7 Å². The van der Waals surface area contributed by atoms with Crippen molar-refractivity contribution >= 4 is 5.91 Å². The second-order valence-electron chi connectivity index (χ2n) is 10.9. The third-order valence-electron chi connectivity index (χ3n) is 8.14. The van der Waals surface area contributed by atoms with Crippen LogP contribution in [0.4, 0.5) is 13.2 Å². The molecule has 2 atom stereocenters. The van der Waals surface area contributed by atoms with Crippen LogP contribution < -0.4 is 5.32 Å². The molecule has 1 amide bonds. The summed E-state index contributed by atoms with van der Waals surface area (Å²) in [6.07, 6.45) is -1.84. The van der Waals surface area contributed by atoms with Crippen molar-refractivity contribution in [1.82, 2.24) is 10.2 Å². The Kier molecular flexibility index (Phi) is 8.02. The number of nitrogens with one attached hydrogen (secondary N) is 1. The second kappa shape index (κ2) is 10.8. The van der Waals surface area contributed by atoms with Crippen LogP contribution in [-0.4, -0.2) is 47.3 Å². The minimum absolute atomic E-state index is 0.00767. The summed E-state index contributed by atoms with van der Waals surface area (Å²) in [7, 11) is 0. The monoisotopic (exact) mass is 518 g/mol. The SMILES string of the molecule is Cc1ccc(C2(O)CCN(C3CC[C@@](C(=O)NCc4cccc(C(F)(F)F)c4)(C(C)C)OC3)CC2)cc1. The summed E-state index contributed by atoms with van der Waals surface area (Å²) in [6.45, 7) is 7.80. The average Bonchev–Trinajstić information content (AvgIpc) is 2.87. The van der Waals surface area contributed by atoms with Crippen molar-refractivity contribution in [3.8, 4) is 0 Å². The number of nitrogens with zero attached hydrogens (tertiary/aromatic N) is 1. The van der Waals surface area contributed by atoms with Crippen LogP contribution in [0.5, 0.6) is 0 Å². The van der Waals surface area contributed by atoms with Crippen LogP contribution in [0, 0.1) is 12.8 Å². The highest BCUT2D eigenvalue weighted by atomic mass is 19.4. The lowest BCUT2D eigenvalue weighted by molar-refractivity contribution is -0.172. The summed E-state index contributed by atoms with van der Waals surface area (Å²) >= 11 is 0. The number of halogens is 3. The van der Waals surface area contributed by atoms with E-state index in [2.05, 4.69) is 10.2 Å². The van der Waals surface area contributed by atoms with Gasteiger partial charge in [-0.2, -0.15) is 13.2 Å². The number of rotatable bonds is 6. The summed E-state index contributed by atoms with van der Waals surface area (Å²) in [5.41, 5.74) is -0.0672. The van der Waals surface area contributed by atoms with E-state index in [9.17, 15) is 23.1 Å². The molecule has 2 aromatic rings. The fourth-order valence-corrected chi connectivity index (χ4v) is 5.57. The van der Waals surface area contributed by atoms with Crippen LogP contribution in [0.15, 0.2) is 48.5 Å². The van der Waals surface area contributed by atoms with E-state index in [1.807, 2.05) is 45.0 Å². The zero-order valence-corrected chi connectivity index (χ0v) is 21.8. The molecule has 0 bridgehead atoms. The first-order chi connectivity index (χ1) is 17.4. The maximum Gasteiger partial charge on any atom is 0.416 e. The Hall–Kier alpha value is -2.42. The minimum Gasteiger partial charge on any atom is -0.385 e. The van der Waals surface area contributed by atoms with E-state index in [0.29, 0.717) is 31.4 Å². The highest BCUT2D eigenvalue weighted by Crippen LogP contribution is 2.38. The number of ether oxygens (including phenoxy) is 1. The molecule has 4 rings (SSSR count). The van der Waals surface area contributed by atoms with Gasteiger partial charge in [0.2, 0.25) is 0 Å². The van der Waals surface area contributed by atoms with Crippen molar-refractivity contribution in [3.63, 3.8) is 0 Å². The Balaban J connectivity index is 1.34. The molecule has 2 fully saturated rings. The smallest absolute Gasteiger partial charge is 0.385 e. The van der Waals surface area contributed by atoms with Crippen molar-refractivity contribution in [3.05, 3.63) is 70.8 Å². The summed E-state index contributed by atoms with van der Waals surface area (Å²) in [4.78, 5) is 15.6. The summed E-state index contributed by atoms with van der Waals surface area (Å²) in [5, 5.41) is 14.0. The fourth-order valence-electron chi connectivity index (χ4n) is 5.57. The number of hydrogen-bond donors (Lipinski definition) is 2. The molecule has 5 nitrogen and oxygen atoms in total. The minimum atomic E-state index is -4.43. The average molecular weight is 519 g/mol. The molecule has 0 radical (unpaired) electrons. The number of aliphatic hydroxyl groups is 1. The van der Waals surface area contributed by atoms with Gasteiger partial charge in [-0.1, -0.05) is 55.8 Å². The maximum atomic E-state index is 13.3. The normalized spacial score (nSPS) is 24.7. The third-order valence-corrected chi connectivity index (χ3v) is 8.14. The quantitative estimate of drug-likeness (QED) is 0.553. The van der Waals surface area contributed by atoms with Gasteiger partial charge >= 0.3 is 6.18 Å². The number of likely N-dealkylation sites (tertiary alicyclic amines) is 1. The number of benzene rings is 2. The molecular formula is C29H37F3N2O3. The molecule has 2 aliphatic heterocycles. The lowest BCUT2D eigenvalue weighted by Crippen LogP contribution is -2.59. The number of hydrogen-bond acceptors (Lipinski definition) is 4. The number of amides is 1. The highest BCUT2D eigenvalue weighted by Gasteiger charge is 2.47. The van der Waals surface area contributed by atoms with E-state index >= 15 is 0 Å². The predicted molar refractivity (Wildman–Crippen MR) is 136 cm³/mol. The molecule has 8 heteroatoms. The number of alkyl halides is 3. The zero-order chi connectivity index (χ0) is 26.8. The van der Waals surface area contributed by atoms with Gasteiger partial charge in [0.1, 0.15) is 5.60 Å². The van der Waals surface area contributed by atoms with Crippen molar-refractivity contribution in [2.45, 2.75) is 76.4 Å². The Morgan fingerprint density at radius 3 is 2.38 bits per heavy atom. The van der Waals surface area contributed by atoms with Crippen LogP contribution in [0.2, 0.25) is 0 Å². The van der Waals surface area contributed by atoms with E-state index in [0.717, 1.165) is 42.8 Å².